The Kier molecular flexibility index (Phi) is 7.19. The minimum Gasteiger partial charge on any atom is -0.495 e. The predicted molar refractivity (Wildman–Crippen MR) is 126 cm³/mol. The minimum absolute atomic E-state index is 0.142. The molecule has 6 nitrogen and oxygen atoms in total. The molecule has 0 fully saturated rings. The van der Waals surface area contributed by atoms with Crippen molar-refractivity contribution >= 4 is 23.8 Å². The Morgan fingerprint density at radius 2 is 1.97 bits per heavy atom. The zero-order valence-electron chi connectivity index (χ0n) is 18.4. The number of alkyl halides is 1. The molecule has 2 aromatic heterocycles. The molecule has 0 radical (unpaired) electrons. The van der Waals surface area contributed by atoms with Crippen molar-refractivity contribution in [3.63, 3.8) is 0 Å². The predicted octanol–water partition coefficient (Wildman–Crippen LogP) is 6.03. The molecule has 0 amide bonds. The fourth-order valence-corrected chi connectivity index (χ4v) is 3.75. The number of halogens is 2. The standard InChI is InChI=1S/C25H24ClFN4O2/c1-17-15-31(16-28-17)22-11-5-18(14-23(22)32-2)6-12-24-29-30-25(33-24)21(4-3-13-26)19-7-9-20(27)10-8-19/h5-12,14-16,21H,3-4,13H2,1-2H3/b12-6+. The van der Waals surface area contributed by atoms with Gasteiger partial charge in [-0.1, -0.05) is 18.2 Å². The van der Waals surface area contributed by atoms with Gasteiger partial charge in [-0.2, -0.15) is 0 Å². The SMILES string of the molecule is COc1cc(/C=C/c2nnc(C(CCCCl)c3ccc(F)cc3)o2)ccc1-n1cnc(C)c1. The molecular weight excluding hydrogens is 443 g/mol. The smallest absolute Gasteiger partial charge is 0.240 e. The molecule has 0 aliphatic heterocycles. The highest BCUT2D eigenvalue weighted by Crippen LogP contribution is 2.29. The molecule has 33 heavy (non-hydrogen) atoms. The molecule has 0 spiro atoms. The van der Waals surface area contributed by atoms with Gasteiger partial charge in [0.1, 0.15) is 11.6 Å². The van der Waals surface area contributed by atoms with E-state index in [1.54, 1.807) is 31.6 Å². The van der Waals surface area contributed by atoms with Gasteiger partial charge in [0.2, 0.25) is 11.8 Å². The normalized spacial score (nSPS) is 12.4. The summed E-state index contributed by atoms with van der Waals surface area (Å²) < 4.78 is 26.7. The molecule has 4 rings (SSSR count). The van der Waals surface area contributed by atoms with Crippen molar-refractivity contribution in [1.82, 2.24) is 19.7 Å². The van der Waals surface area contributed by atoms with Gasteiger partial charge >= 0.3 is 0 Å². The number of aryl methyl sites for hydroxylation is 1. The summed E-state index contributed by atoms with van der Waals surface area (Å²) in [5.74, 6) is 1.68. The van der Waals surface area contributed by atoms with Crippen molar-refractivity contribution in [1.29, 1.82) is 0 Å². The molecule has 4 aromatic rings. The second-order valence-electron chi connectivity index (χ2n) is 7.60. The summed E-state index contributed by atoms with van der Waals surface area (Å²) in [4.78, 5) is 4.27. The third kappa shape index (κ3) is 5.49. The van der Waals surface area contributed by atoms with Gasteiger partial charge in [-0.05, 0) is 61.2 Å². The van der Waals surface area contributed by atoms with E-state index in [-0.39, 0.29) is 11.7 Å². The van der Waals surface area contributed by atoms with Crippen molar-refractivity contribution < 1.29 is 13.5 Å². The molecular formula is C25H24ClFN4O2. The van der Waals surface area contributed by atoms with Gasteiger partial charge in [-0.3, -0.25) is 0 Å². The molecule has 1 atom stereocenters. The third-order valence-corrected chi connectivity index (χ3v) is 5.53. The van der Waals surface area contributed by atoms with E-state index in [1.165, 1.54) is 12.1 Å². The summed E-state index contributed by atoms with van der Waals surface area (Å²) in [5, 5.41) is 8.39. The molecule has 170 valence electrons. The number of ether oxygens (including phenoxy) is 1. The highest BCUT2D eigenvalue weighted by molar-refractivity contribution is 6.17. The molecule has 2 aromatic carbocycles. The van der Waals surface area contributed by atoms with Crippen molar-refractivity contribution in [2.75, 3.05) is 13.0 Å². The lowest BCUT2D eigenvalue weighted by Crippen LogP contribution is -2.02. The van der Waals surface area contributed by atoms with Crippen LogP contribution in [0.5, 0.6) is 5.75 Å². The number of hydrogen-bond donors (Lipinski definition) is 0. The first-order valence-corrected chi connectivity index (χ1v) is 11.1. The Balaban J connectivity index is 1.54. The van der Waals surface area contributed by atoms with Crippen LogP contribution in [0.2, 0.25) is 0 Å². The quantitative estimate of drug-likeness (QED) is 0.282. The van der Waals surface area contributed by atoms with E-state index in [0.717, 1.165) is 41.1 Å². The maximum absolute atomic E-state index is 13.4. The highest BCUT2D eigenvalue weighted by Gasteiger charge is 2.20. The van der Waals surface area contributed by atoms with Crippen molar-refractivity contribution in [3.05, 3.63) is 89.4 Å². The average molecular weight is 467 g/mol. The molecule has 1 unspecified atom stereocenters. The van der Waals surface area contributed by atoms with Crippen molar-refractivity contribution in [3.8, 4) is 11.4 Å². The first-order chi connectivity index (χ1) is 16.1. The van der Waals surface area contributed by atoms with Crippen LogP contribution in [-0.2, 0) is 0 Å². The lowest BCUT2D eigenvalue weighted by Gasteiger charge is -2.12. The molecule has 8 heteroatoms. The summed E-state index contributed by atoms with van der Waals surface area (Å²) in [6, 6.07) is 12.2. The van der Waals surface area contributed by atoms with E-state index >= 15 is 0 Å². The van der Waals surface area contributed by atoms with Crippen LogP contribution in [0.3, 0.4) is 0 Å². The first kappa shape index (κ1) is 22.7. The van der Waals surface area contributed by atoms with E-state index in [9.17, 15) is 4.39 Å². The summed E-state index contributed by atoms with van der Waals surface area (Å²) >= 11 is 5.89. The van der Waals surface area contributed by atoms with E-state index in [1.807, 2.05) is 42.0 Å². The van der Waals surface area contributed by atoms with Crippen LogP contribution in [0, 0.1) is 12.7 Å². The van der Waals surface area contributed by atoms with Crippen LogP contribution in [0.4, 0.5) is 4.39 Å². The molecule has 0 bridgehead atoms. The molecule has 0 aliphatic carbocycles. The summed E-state index contributed by atoms with van der Waals surface area (Å²) in [6.07, 6.45) is 8.84. The van der Waals surface area contributed by atoms with Crippen LogP contribution in [0.1, 0.15) is 47.4 Å². The van der Waals surface area contributed by atoms with E-state index < -0.39 is 0 Å². The fraction of sp³-hybridized carbons (Fsp3) is 0.240. The summed E-state index contributed by atoms with van der Waals surface area (Å²) in [7, 11) is 1.64. The Morgan fingerprint density at radius 3 is 2.67 bits per heavy atom. The fourth-order valence-electron chi connectivity index (χ4n) is 3.60. The van der Waals surface area contributed by atoms with E-state index in [2.05, 4.69) is 15.2 Å². The number of methoxy groups -OCH3 is 1. The number of nitrogens with zero attached hydrogens (tertiary/aromatic N) is 4. The lowest BCUT2D eigenvalue weighted by molar-refractivity contribution is 0.413. The lowest BCUT2D eigenvalue weighted by atomic mass is 9.94. The second-order valence-corrected chi connectivity index (χ2v) is 7.98. The van der Waals surface area contributed by atoms with Crippen LogP contribution in [0.25, 0.3) is 17.8 Å². The van der Waals surface area contributed by atoms with Gasteiger partial charge in [0, 0.05) is 18.2 Å². The summed E-state index contributed by atoms with van der Waals surface area (Å²) in [5.41, 5.74) is 3.66. The van der Waals surface area contributed by atoms with Crippen LogP contribution >= 0.6 is 11.6 Å². The second kappa shape index (κ2) is 10.4. The number of hydrogen-bond acceptors (Lipinski definition) is 5. The highest BCUT2D eigenvalue weighted by atomic mass is 35.5. The zero-order chi connectivity index (χ0) is 23.2. The van der Waals surface area contributed by atoms with Gasteiger partial charge < -0.3 is 13.7 Å². The average Bonchev–Trinajstić information content (AvgIpc) is 3.48. The maximum Gasteiger partial charge on any atom is 0.240 e. The van der Waals surface area contributed by atoms with Gasteiger partial charge in [0.05, 0.1) is 30.7 Å². The number of benzene rings is 2. The van der Waals surface area contributed by atoms with E-state index in [4.69, 9.17) is 20.8 Å². The Bertz CT molecular complexity index is 1230. The molecule has 0 aliphatic rings. The minimum atomic E-state index is -0.284. The van der Waals surface area contributed by atoms with Crippen molar-refractivity contribution in [2.45, 2.75) is 25.7 Å². The van der Waals surface area contributed by atoms with Gasteiger partial charge in [0.25, 0.3) is 0 Å². The number of imidazole rings is 1. The zero-order valence-corrected chi connectivity index (χ0v) is 19.2. The monoisotopic (exact) mass is 466 g/mol. The first-order valence-electron chi connectivity index (χ1n) is 10.6. The Hall–Kier alpha value is -3.45. The van der Waals surface area contributed by atoms with Gasteiger partial charge in [-0.25, -0.2) is 9.37 Å². The van der Waals surface area contributed by atoms with Crippen LogP contribution in [0.15, 0.2) is 59.4 Å². The van der Waals surface area contributed by atoms with E-state index in [0.29, 0.717) is 17.7 Å². The number of aromatic nitrogens is 4. The Labute approximate surface area is 196 Å². The molecule has 0 saturated heterocycles. The van der Waals surface area contributed by atoms with Gasteiger partial charge in [-0.15, -0.1) is 21.8 Å². The topological polar surface area (TPSA) is 66.0 Å². The Morgan fingerprint density at radius 1 is 1.15 bits per heavy atom. The molecule has 2 heterocycles. The van der Waals surface area contributed by atoms with Crippen LogP contribution < -0.4 is 4.74 Å². The maximum atomic E-state index is 13.4. The molecule has 0 N–H and O–H groups in total. The number of rotatable bonds is 9. The van der Waals surface area contributed by atoms with Crippen LogP contribution in [-0.4, -0.2) is 32.7 Å². The van der Waals surface area contributed by atoms with Crippen molar-refractivity contribution in [2.24, 2.45) is 0 Å². The third-order valence-electron chi connectivity index (χ3n) is 5.27. The largest absolute Gasteiger partial charge is 0.495 e. The van der Waals surface area contributed by atoms with Gasteiger partial charge in [0.15, 0.2) is 0 Å². The molecule has 0 saturated carbocycles. The summed E-state index contributed by atoms with van der Waals surface area (Å²) in [6.45, 7) is 1.94.